The Morgan fingerprint density at radius 1 is 0.493 bits per heavy atom. The van der Waals surface area contributed by atoms with E-state index in [0.717, 1.165) is 168 Å². The Hall–Kier alpha value is -12.2. The van der Waals surface area contributed by atoms with Crippen LogP contribution in [0.25, 0.3) is 16.7 Å². The van der Waals surface area contributed by atoms with Crippen LogP contribution < -0.4 is 22.1 Å². The van der Waals surface area contributed by atoms with Crippen molar-refractivity contribution in [3.05, 3.63) is 180 Å². The number of hydrogen-bond acceptors (Lipinski definition) is 29. The first-order chi connectivity index (χ1) is 67.1. The van der Waals surface area contributed by atoms with E-state index in [0.29, 0.717) is 29.2 Å². The van der Waals surface area contributed by atoms with Crippen LogP contribution in [0.5, 0.6) is 0 Å². The quantitative estimate of drug-likeness (QED) is 0.0200. The number of hydrogen-bond donors (Lipinski definition) is 5. The van der Waals surface area contributed by atoms with Crippen molar-refractivity contribution < 1.29 is 65.9 Å². The van der Waals surface area contributed by atoms with Crippen LogP contribution >= 0.6 is 34.8 Å². The summed E-state index contributed by atoms with van der Waals surface area (Å²) in [6, 6.07) is 2.28. The lowest BCUT2D eigenvalue weighted by molar-refractivity contribution is -0.385. The average Bonchev–Trinajstić information content (AvgIpc) is 1.56. The molecule has 0 aromatic carbocycles. The number of aromatic nitrogens is 18. The predicted molar refractivity (Wildman–Crippen MR) is 547 cm³/mol. The van der Waals surface area contributed by atoms with E-state index in [4.69, 9.17) is 79.9 Å². The summed E-state index contributed by atoms with van der Waals surface area (Å²) in [5.41, 5.74) is 26.0. The maximum absolute atomic E-state index is 12.7. The molecular weight excluding hydrogens is 1920 g/mol. The van der Waals surface area contributed by atoms with Crippen molar-refractivity contribution in [1.82, 2.24) is 108 Å². The molecule has 7 N–H and O–H groups in total. The number of aliphatic hydroxyl groups is 1. The number of halogens is 6. The highest BCUT2D eigenvalue weighted by atomic mass is 35.5. The van der Waals surface area contributed by atoms with Crippen molar-refractivity contribution in [1.29, 1.82) is 0 Å². The van der Waals surface area contributed by atoms with Crippen molar-refractivity contribution in [3.63, 3.8) is 0 Å². The van der Waals surface area contributed by atoms with Crippen molar-refractivity contribution in [3.8, 4) is 0 Å². The molecule has 0 aliphatic carbocycles. The molecule has 144 heavy (non-hydrogen) atoms. The smallest absolute Gasteiger partial charge is 0.444 e. The molecule has 0 saturated carbocycles. The fourth-order valence-electron chi connectivity index (χ4n) is 17.9. The highest BCUT2D eigenvalue weighted by molar-refractivity contribution is 6.54. The number of nitrogens with zero attached hydrogens (tertiary/aromatic N) is 23. The van der Waals surface area contributed by atoms with E-state index in [1.54, 1.807) is 68.6 Å². The maximum Gasteiger partial charge on any atom is 0.490 e. The predicted octanol–water partition coefficient (Wildman–Crippen LogP) is 18.5. The minimum Gasteiger partial charge on any atom is -0.444 e. The van der Waals surface area contributed by atoms with Crippen molar-refractivity contribution >= 4 is 123 Å². The van der Waals surface area contributed by atoms with Crippen molar-refractivity contribution in [2.45, 2.75) is 318 Å². The normalized spacial score (nSPS) is 20.1. The van der Waals surface area contributed by atoms with Gasteiger partial charge in [-0.05, 0) is 285 Å². The van der Waals surface area contributed by atoms with Crippen LogP contribution in [0.4, 0.5) is 67.9 Å². The number of aryl methyl sites for hydroxylation is 13. The third kappa shape index (κ3) is 30.7. The summed E-state index contributed by atoms with van der Waals surface area (Å²) in [4.78, 5) is 101. The average molecular weight is 2060 g/mol. The second kappa shape index (κ2) is 47.3. The van der Waals surface area contributed by atoms with Crippen LogP contribution in [-0.4, -0.2) is 239 Å². The Morgan fingerprint density at radius 2 is 0.861 bits per heavy atom. The molecule has 4 amide bonds. The van der Waals surface area contributed by atoms with Gasteiger partial charge < -0.3 is 55.6 Å². The number of aliphatic hydroxyl groups excluding tert-OH is 1. The molecule has 0 radical (unpaired) electrons. The van der Waals surface area contributed by atoms with E-state index in [1.807, 2.05) is 184 Å². The Balaban J connectivity index is 0.000000176. The topological polar surface area (TPSA) is 459 Å². The van der Waals surface area contributed by atoms with Crippen molar-refractivity contribution in [2.24, 2.45) is 35.2 Å². The summed E-state index contributed by atoms with van der Waals surface area (Å²) < 4.78 is 74.9. The highest BCUT2D eigenvalue weighted by Crippen LogP contribution is 2.47. The number of rotatable bonds is 11. The van der Waals surface area contributed by atoms with Crippen LogP contribution in [0.1, 0.15) is 242 Å². The Labute approximate surface area is 854 Å². The van der Waals surface area contributed by atoms with E-state index in [9.17, 15) is 42.5 Å². The Morgan fingerprint density at radius 3 is 1.22 bits per heavy atom. The molecule has 782 valence electrons. The third-order valence-electron chi connectivity index (χ3n) is 25.1. The van der Waals surface area contributed by atoms with E-state index in [1.165, 1.54) is 21.9 Å². The molecule has 8 atom stereocenters. The van der Waals surface area contributed by atoms with Crippen LogP contribution in [0.2, 0.25) is 15.7 Å². The van der Waals surface area contributed by atoms with E-state index in [2.05, 4.69) is 117 Å². The van der Waals surface area contributed by atoms with Crippen LogP contribution in [-0.2, 0) is 63.6 Å². The first-order valence-corrected chi connectivity index (χ1v) is 48.9. The van der Waals surface area contributed by atoms with E-state index >= 15 is 0 Å². The lowest BCUT2D eigenvalue weighted by Gasteiger charge is -2.35. The zero-order chi connectivity index (χ0) is 107. The Bertz CT molecular complexity index is 6070. The van der Waals surface area contributed by atoms with E-state index in [-0.39, 0.29) is 101 Å². The SMILES string of the molecule is CC(C)(C)OC(=O)N1C2C=C(B3OC(C)(C)C(C)(C)O3)CC1CC2.CO.Cc1cnc(Cl)nc1C1=CC2CCC(C1)N2C(=O)OC(C)(C)C.Cc1cnc(Cl)nc1Cl.Cc1cnc(Nc2cn(C)nc2C)nc1C1=CC2CCC(C1)N2C(=O)OC(C)(C)C.Cc1nn(C)cc1N.Cc1nn(C)cc1N.Cc1nn(C)cc1Nc1nccc(C2=CC3CCC(C2)N3C(=O)CCC(F)(F)F)n1.Cc1nn(C)cc1[N+](=O)[O-]. The second-order valence-electron chi connectivity index (χ2n) is 40.8. The molecule has 5 fully saturated rings. The molecule has 9 aromatic rings. The van der Waals surface area contributed by atoms with Gasteiger partial charge in [0.25, 0.3) is 0 Å². The van der Waals surface area contributed by atoms with Gasteiger partial charge in [0, 0.05) is 128 Å². The molecule has 9 aliphatic heterocycles. The molecule has 9 aromatic heterocycles. The summed E-state index contributed by atoms with van der Waals surface area (Å²) in [5, 5.41) is 44.9. The number of carbonyl (C=O) groups is 4. The molecule has 39 nitrogen and oxygen atoms in total. The fourth-order valence-corrected chi connectivity index (χ4v) is 18.3. The summed E-state index contributed by atoms with van der Waals surface area (Å²) in [7, 11) is 9.77. The van der Waals surface area contributed by atoms with Gasteiger partial charge in [0.15, 0.2) is 0 Å². The Kier molecular flexibility index (Phi) is 37.4. The summed E-state index contributed by atoms with van der Waals surface area (Å²) in [6.45, 7) is 40.4. The number of ether oxygens (including phenoxy) is 3. The van der Waals surface area contributed by atoms with Crippen LogP contribution in [0.15, 0.2) is 91.6 Å². The largest absolute Gasteiger partial charge is 0.490 e. The van der Waals surface area contributed by atoms with Crippen molar-refractivity contribution in [2.75, 3.05) is 29.2 Å². The number of fused-ring (bicyclic) bond motifs is 8. The molecule has 18 rings (SSSR count). The van der Waals surface area contributed by atoms with Gasteiger partial charge in [-0.15, -0.1) is 0 Å². The molecule has 9 aliphatic rings. The zero-order valence-corrected chi connectivity index (χ0v) is 89.6. The second-order valence-corrected chi connectivity index (χ2v) is 41.9. The summed E-state index contributed by atoms with van der Waals surface area (Å²) >= 11 is 16.9. The first-order valence-electron chi connectivity index (χ1n) is 47.7. The van der Waals surface area contributed by atoms with Crippen LogP contribution in [0, 0.1) is 65.5 Å². The lowest BCUT2D eigenvalue weighted by atomic mass is 9.73. The maximum atomic E-state index is 12.7. The molecule has 46 heteroatoms. The number of carbonyl (C=O) groups excluding carboxylic acids is 4. The number of nitrogens with two attached hydrogens (primary N) is 2. The number of amides is 4. The van der Waals surface area contributed by atoms with Gasteiger partial charge in [0.1, 0.15) is 33.8 Å². The standard InChI is InChI=1S/C22H30N6O2.C20H23F3N6O.C18H30BNO4.C17H22ClN3O2.C5H4Cl2N2.C5H7N3O2.2C5H9N3.CH4O/c1-13-11-23-20(24-18-12-27(6)26-14(18)2)25-19(13)15-9-16-7-8-17(10-15)28(16)21(29)30-22(3,4)5;1-12-17(11-28(2)27-12)26-19-24-8-6-16(25-19)13-9-14-3-4-15(10-13)29(14)18(30)5-7-20(21,22)23;1-16(2,3)22-15(21)20-13-8-9-14(20)11-12(10-13)19-23-17(4,5)18(6,7)24-19;1-10-9-19-15(18)20-14(10)11-7-12-5-6-13(8-11)21(12)16(22)23-17(2,3)4;1-3-2-8-5(7)9-4(3)6;1-4-5(8(9)10)3-7(2)6-4;2*1-4-5(6)3-8(2)7-4;1-2/h9,11-12,16-17H,7-8,10H2,1-6H3,(H,23,24,25);6,8-9,11,14-15H,3-5,7,10H2,1-2H3,(H,24,25,26);10,13-14H,8-9,11H2,1-7H3;7,9,12-13H,5-6,8H2,1-4H3;2H,1H3;3H,1-2H3;2*3H,6H2,1-2H3;2H,1H3. The number of alkyl halides is 3. The highest BCUT2D eigenvalue weighted by Gasteiger charge is 2.55. The van der Waals surface area contributed by atoms with Gasteiger partial charge in [-0.3, -0.25) is 53.0 Å². The first kappa shape index (κ1) is 114. The molecule has 0 spiro atoms. The molecule has 18 heterocycles. The van der Waals surface area contributed by atoms with E-state index < -0.39 is 46.7 Å². The molecule has 8 bridgehead atoms. The monoisotopic (exact) mass is 2060 g/mol. The minimum absolute atomic E-state index is 0.0555. The third-order valence-corrected chi connectivity index (χ3v) is 25.8. The molecular formula is C98H138BCl3F3N27O12. The number of anilines is 6. The molecule has 8 unspecified atom stereocenters. The van der Waals surface area contributed by atoms with Gasteiger partial charge in [0.05, 0.1) is 109 Å². The summed E-state index contributed by atoms with van der Waals surface area (Å²) in [5.74, 6) is 0.572. The van der Waals surface area contributed by atoms with Gasteiger partial charge in [-0.2, -0.15) is 38.7 Å². The van der Waals surface area contributed by atoms with Gasteiger partial charge in [0.2, 0.25) is 28.4 Å². The number of nitrogens with one attached hydrogen (secondary N) is 2. The number of nitro groups is 1. The van der Waals surface area contributed by atoms with Gasteiger partial charge in [-0.1, -0.05) is 35.9 Å². The fraction of sp³-hybridized carbons (Fsp3) is 0.561. The molecule has 5 saturated heterocycles. The lowest BCUT2D eigenvalue weighted by Crippen LogP contribution is -2.47. The van der Waals surface area contributed by atoms with Crippen LogP contribution in [0.3, 0.4) is 0 Å². The van der Waals surface area contributed by atoms with Gasteiger partial charge in [-0.25, -0.2) is 54.3 Å². The number of nitrogen functional groups attached to an aromatic ring is 2. The zero-order valence-electron chi connectivity index (χ0n) is 87.3. The minimum atomic E-state index is -4.32. The van der Waals surface area contributed by atoms with Gasteiger partial charge >= 0.3 is 37.3 Å². The summed E-state index contributed by atoms with van der Waals surface area (Å²) in [6.07, 6.45) is 27.8.